The molecule has 0 aliphatic heterocycles. The molecule has 0 aliphatic carbocycles. The molecule has 1 unspecified atom stereocenters. The highest BCUT2D eigenvalue weighted by Crippen LogP contribution is 2.40. The van der Waals surface area contributed by atoms with E-state index in [9.17, 15) is 9.90 Å². The van der Waals surface area contributed by atoms with Gasteiger partial charge in [-0.15, -0.1) is 0 Å². The number of fused-ring (bicyclic) bond motifs is 2. The highest BCUT2D eigenvalue weighted by molar-refractivity contribution is 9.11. The first-order valence-electron chi connectivity index (χ1n) is 10.3. The number of carboxylic acid groups (broad SMARTS) is 1. The van der Waals surface area contributed by atoms with Crippen molar-refractivity contribution in [1.82, 2.24) is 0 Å². The summed E-state index contributed by atoms with van der Waals surface area (Å²) in [5.74, 6) is 0.253. The Balaban J connectivity index is 1.48. The van der Waals surface area contributed by atoms with Gasteiger partial charge in [-0.3, -0.25) is 0 Å². The zero-order valence-electron chi connectivity index (χ0n) is 17.3. The minimum Gasteiger partial charge on any atom is -0.478 e. The number of carbonyl (C=O) groups is 1. The Morgan fingerprint density at radius 2 is 1.64 bits per heavy atom. The molecule has 0 bridgehead atoms. The fourth-order valence-corrected chi connectivity index (χ4v) is 5.09. The maximum Gasteiger partial charge on any atom is 0.345 e. The van der Waals surface area contributed by atoms with Crippen LogP contribution >= 0.6 is 31.9 Å². The van der Waals surface area contributed by atoms with Crippen LogP contribution in [0.5, 0.6) is 5.75 Å². The summed E-state index contributed by atoms with van der Waals surface area (Å²) in [4.78, 5) is 11.8. The second-order valence-corrected chi connectivity index (χ2v) is 9.28. The molecule has 0 spiro atoms. The molecule has 1 N–H and O–H groups in total. The number of para-hydroxylation sites is 1. The summed E-state index contributed by atoms with van der Waals surface area (Å²) in [7, 11) is 0. The lowest BCUT2D eigenvalue weighted by Gasteiger charge is -2.17. The quantitative estimate of drug-likeness (QED) is 0.228. The fourth-order valence-electron chi connectivity index (χ4n) is 3.86. The zero-order valence-corrected chi connectivity index (χ0v) is 20.5. The molecular weight excluding hydrogens is 548 g/mol. The first-order chi connectivity index (χ1) is 16.0. The van der Waals surface area contributed by atoms with Gasteiger partial charge in [-0.2, -0.15) is 0 Å². The van der Waals surface area contributed by atoms with Gasteiger partial charge in [0.15, 0.2) is 6.10 Å². The van der Waals surface area contributed by atoms with Crippen molar-refractivity contribution >= 4 is 59.6 Å². The van der Waals surface area contributed by atoms with E-state index in [2.05, 4.69) is 31.9 Å². The summed E-state index contributed by atoms with van der Waals surface area (Å²) >= 11 is 7.29. The van der Waals surface area contributed by atoms with Gasteiger partial charge in [0.05, 0.1) is 8.95 Å². The Labute approximate surface area is 207 Å². The molecule has 0 aliphatic rings. The molecule has 164 valence electrons. The van der Waals surface area contributed by atoms with Gasteiger partial charge in [-0.25, -0.2) is 4.79 Å². The summed E-state index contributed by atoms with van der Waals surface area (Å²) in [6.07, 6.45) is -0.716. The van der Waals surface area contributed by atoms with Crippen LogP contribution in [0.25, 0.3) is 33.1 Å². The van der Waals surface area contributed by atoms with E-state index in [1.54, 1.807) is 6.07 Å². The number of ether oxygens (including phenoxy) is 1. The number of hydrogen-bond acceptors (Lipinski definition) is 3. The molecule has 0 amide bonds. The van der Waals surface area contributed by atoms with E-state index in [0.29, 0.717) is 5.75 Å². The largest absolute Gasteiger partial charge is 0.478 e. The van der Waals surface area contributed by atoms with Crippen molar-refractivity contribution in [3.8, 4) is 17.1 Å². The third-order valence-electron chi connectivity index (χ3n) is 5.52. The second-order valence-electron chi connectivity index (χ2n) is 7.69. The van der Waals surface area contributed by atoms with Crippen molar-refractivity contribution in [3.63, 3.8) is 0 Å². The van der Waals surface area contributed by atoms with E-state index in [-0.39, 0.29) is 6.42 Å². The number of rotatable bonds is 6. The van der Waals surface area contributed by atoms with Crippen LogP contribution in [0, 0.1) is 0 Å². The average Bonchev–Trinajstić information content (AvgIpc) is 3.17. The minimum absolute atomic E-state index is 0.277. The first kappa shape index (κ1) is 21.7. The van der Waals surface area contributed by atoms with Crippen LogP contribution in [0.15, 0.2) is 98.3 Å². The van der Waals surface area contributed by atoms with Gasteiger partial charge in [0.1, 0.15) is 17.1 Å². The summed E-state index contributed by atoms with van der Waals surface area (Å²) in [6.45, 7) is 0. The van der Waals surface area contributed by atoms with E-state index >= 15 is 0 Å². The lowest BCUT2D eigenvalue weighted by Crippen LogP contribution is -2.29. The van der Waals surface area contributed by atoms with Crippen molar-refractivity contribution in [2.24, 2.45) is 0 Å². The number of benzene rings is 4. The van der Waals surface area contributed by atoms with Gasteiger partial charge < -0.3 is 14.3 Å². The highest BCUT2D eigenvalue weighted by Gasteiger charge is 2.22. The maximum absolute atomic E-state index is 11.8. The van der Waals surface area contributed by atoms with E-state index in [0.717, 1.165) is 47.6 Å². The molecule has 1 heterocycles. The molecule has 1 aromatic heterocycles. The van der Waals surface area contributed by atoms with Crippen LogP contribution in [0.2, 0.25) is 0 Å². The lowest BCUT2D eigenvalue weighted by molar-refractivity contribution is -0.145. The predicted molar refractivity (Wildman–Crippen MR) is 137 cm³/mol. The fraction of sp³-hybridized carbons (Fsp3) is 0.0741. The van der Waals surface area contributed by atoms with Crippen LogP contribution in [0.1, 0.15) is 5.56 Å². The van der Waals surface area contributed by atoms with Crippen LogP contribution in [-0.2, 0) is 11.2 Å². The SMILES string of the molecule is O=C(O)C(Cc1ccccc1)Oc1ccc2cc(-c3oc4ccccc4c3Br)ccc2c1Br. The van der Waals surface area contributed by atoms with Gasteiger partial charge in [0, 0.05) is 17.4 Å². The van der Waals surface area contributed by atoms with E-state index in [1.807, 2.05) is 78.9 Å². The van der Waals surface area contributed by atoms with Gasteiger partial charge in [-0.05, 0) is 72.5 Å². The Kier molecular flexibility index (Phi) is 5.96. The van der Waals surface area contributed by atoms with Gasteiger partial charge in [0.25, 0.3) is 0 Å². The Hall–Kier alpha value is -3.09. The van der Waals surface area contributed by atoms with E-state index in [4.69, 9.17) is 9.15 Å². The van der Waals surface area contributed by atoms with Gasteiger partial charge >= 0.3 is 5.97 Å². The Bertz CT molecular complexity index is 1470. The molecule has 5 aromatic rings. The second kappa shape index (κ2) is 9.04. The molecule has 6 heteroatoms. The topological polar surface area (TPSA) is 59.7 Å². The molecule has 5 rings (SSSR count). The summed E-state index contributed by atoms with van der Waals surface area (Å²) in [5.41, 5.74) is 2.67. The van der Waals surface area contributed by atoms with Crippen LogP contribution in [0.3, 0.4) is 0 Å². The van der Waals surface area contributed by atoms with Gasteiger partial charge in [0.2, 0.25) is 0 Å². The number of furan rings is 1. The third-order valence-corrected chi connectivity index (χ3v) is 7.13. The van der Waals surface area contributed by atoms with Crippen molar-refractivity contribution in [1.29, 1.82) is 0 Å². The molecule has 0 saturated heterocycles. The van der Waals surface area contributed by atoms with Crippen molar-refractivity contribution in [2.75, 3.05) is 0 Å². The summed E-state index contributed by atoms with van der Waals surface area (Å²) in [5, 5.41) is 12.6. The summed E-state index contributed by atoms with van der Waals surface area (Å²) in [6, 6.07) is 27.1. The maximum atomic E-state index is 11.8. The van der Waals surface area contributed by atoms with Gasteiger partial charge in [-0.1, -0.05) is 60.7 Å². The predicted octanol–water partition coefficient (Wildman–Crippen LogP) is 7.85. The normalized spacial score (nSPS) is 12.2. The molecule has 4 aromatic carbocycles. The Morgan fingerprint density at radius 1 is 0.879 bits per heavy atom. The smallest absolute Gasteiger partial charge is 0.345 e. The van der Waals surface area contributed by atoms with E-state index < -0.39 is 12.1 Å². The monoisotopic (exact) mass is 564 g/mol. The van der Waals surface area contributed by atoms with Crippen LogP contribution < -0.4 is 4.74 Å². The van der Waals surface area contributed by atoms with Crippen molar-refractivity contribution in [2.45, 2.75) is 12.5 Å². The van der Waals surface area contributed by atoms with Crippen molar-refractivity contribution < 1.29 is 19.1 Å². The molecule has 0 saturated carbocycles. The zero-order chi connectivity index (χ0) is 22.9. The van der Waals surface area contributed by atoms with E-state index in [1.165, 1.54) is 0 Å². The Morgan fingerprint density at radius 3 is 2.39 bits per heavy atom. The average molecular weight is 566 g/mol. The van der Waals surface area contributed by atoms with Crippen LogP contribution in [0.4, 0.5) is 0 Å². The third kappa shape index (κ3) is 4.28. The molecule has 0 fully saturated rings. The first-order valence-corrected chi connectivity index (χ1v) is 11.9. The summed E-state index contributed by atoms with van der Waals surface area (Å²) < 4.78 is 13.6. The number of halogens is 2. The molecule has 4 nitrogen and oxygen atoms in total. The molecular formula is C27H18Br2O4. The minimum atomic E-state index is -1.00. The highest BCUT2D eigenvalue weighted by atomic mass is 79.9. The number of aliphatic carboxylic acids is 1. The van der Waals surface area contributed by atoms with Crippen molar-refractivity contribution in [3.05, 3.63) is 99.4 Å². The molecule has 0 radical (unpaired) electrons. The molecule has 1 atom stereocenters. The number of hydrogen-bond donors (Lipinski definition) is 1. The standard InChI is InChI=1S/C27H18Br2O4/c28-24-19-12-10-18(26-25(29)20-8-4-5-9-21(20)33-26)15-17(19)11-13-22(24)32-23(27(30)31)14-16-6-2-1-3-7-16/h1-13,15,23H,14H2,(H,30,31). The molecule has 33 heavy (non-hydrogen) atoms. The number of carboxylic acids is 1. The lowest BCUT2D eigenvalue weighted by atomic mass is 10.0. The van der Waals surface area contributed by atoms with Crippen LogP contribution in [-0.4, -0.2) is 17.2 Å².